The summed E-state index contributed by atoms with van der Waals surface area (Å²) in [6.45, 7) is 6.99. The molecule has 1 aliphatic carbocycles. The van der Waals surface area contributed by atoms with Crippen LogP contribution >= 0.6 is 0 Å². The normalized spacial score (nSPS) is 20.5. The molecule has 2 heteroatoms. The average Bonchev–Trinajstić information content (AvgIpc) is 3.15. The van der Waals surface area contributed by atoms with Crippen molar-refractivity contribution in [2.75, 3.05) is 20.2 Å². The van der Waals surface area contributed by atoms with E-state index in [4.69, 9.17) is 4.74 Å². The Morgan fingerprint density at radius 2 is 1.68 bits per heavy atom. The molecule has 25 heavy (non-hydrogen) atoms. The molecule has 1 atom stereocenters. The molecule has 0 spiro atoms. The Morgan fingerprint density at radius 1 is 0.960 bits per heavy atom. The zero-order chi connectivity index (χ0) is 17.4. The molecule has 1 heterocycles. The third-order valence-corrected chi connectivity index (χ3v) is 6.10. The van der Waals surface area contributed by atoms with Crippen LogP contribution in [0.4, 0.5) is 0 Å². The molecular formula is C23H29NO. The smallest absolute Gasteiger partial charge is 0.119 e. The Morgan fingerprint density at radius 3 is 2.36 bits per heavy atom. The molecule has 4 rings (SSSR count). The second-order valence-electron chi connectivity index (χ2n) is 7.76. The van der Waals surface area contributed by atoms with Gasteiger partial charge >= 0.3 is 0 Å². The van der Waals surface area contributed by atoms with Crippen molar-refractivity contribution in [3.05, 3.63) is 52.6 Å². The van der Waals surface area contributed by atoms with Gasteiger partial charge in [-0.25, -0.2) is 0 Å². The van der Waals surface area contributed by atoms with Crippen molar-refractivity contribution in [3.63, 3.8) is 0 Å². The minimum atomic E-state index is 0.769. The van der Waals surface area contributed by atoms with Gasteiger partial charge in [-0.1, -0.05) is 18.2 Å². The Hall–Kier alpha value is -1.80. The summed E-state index contributed by atoms with van der Waals surface area (Å²) in [5, 5.41) is 0. The second kappa shape index (κ2) is 6.84. The molecule has 0 aromatic heterocycles. The van der Waals surface area contributed by atoms with E-state index >= 15 is 0 Å². The van der Waals surface area contributed by atoms with Crippen LogP contribution in [0.2, 0.25) is 0 Å². The molecule has 0 saturated carbocycles. The molecule has 1 unspecified atom stereocenters. The fraction of sp³-hybridized carbons (Fsp3) is 0.478. The Kier molecular flexibility index (Phi) is 4.56. The number of hydrogen-bond donors (Lipinski definition) is 0. The number of fused-ring (bicyclic) bond motifs is 1. The van der Waals surface area contributed by atoms with Crippen molar-refractivity contribution < 1.29 is 4.74 Å². The van der Waals surface area contributed by atoms with Gasteiger partial charge in [0.1, 0.15) is 5.75 Å². The molecule has 0 bridgehead atoms. The fourth-order valence-electron chi connectivity index (χ4n) is 4.81. The van der Waals surface area contributed by atoms with Crippen molar-refractivity contribution in [2.45, 2.75) is 52.0 Å². The van der Waals surface area contributed by atoms with E-state index in [1.165, 1.54) is 67.4 Å². The summed E-state index contributed by atoms with van der Waals surface area (Å²) in [6, 6.07) is 12.2. The molecule has 1 saturated heterocycles. The first kappa shape index (κ1) is 16.7. The Bertz CT molecular complexity index is 751. The molecule has 2 nitrogen and oxygen atoms in total. The van der Waals surface area contributed by atoms with Gasteiger partial charge < -0.3 is 9.64 Å². The van der Waals surface area contributed by atoms with Gasteiger partial charge in [0.05, 0.1) is 7.11 Å². The number of methoxy groups -OCH3 is 1. The largest absolute Gasteiger partial charge is 0.497 e. The van der Waals surface area contributed by atoms with Crippen LogP contribution in [0.3, 0.4) is 0 Å². The fourth-order valence-corrected chi connectivity index (χ4v) is 4.81. The summed E-state index contributed by atoms with van der Waals surface area (Å²) >= 11 is 0. The average molecular weight is 335 g/mol. The molecule has 1 aliphatic heterocycles. The summed E-state index contributed by atoms with van der Waals surface area (Å²) < 4.78 is 5.41. The Balaban J connectivity index is 1.62. The van der Waals surface area contributed by atoms with E-state index in [-0.39, 0.29) is 0 Å². The minimum Gasteiger partial charge on any atom is -0.497 e. The van der Waals surface area contributed by atoms with Crippen LogP contribution in [0.25, 0.3) is 11.1 Å². The third kappa shape index (κ3) is 3.20. The molecular weight excluding hydrogens is 306 g/mol. The van der Waals surface area contributed by atoms with Crippen LogP contribution < -0.4 is 4.74 Å². The first-order valence-corrected chi connectivity index (χ1v) is 9.67. The molecule has 1 fully saturated rings. The van der Waals surface area contributed by atoms with Crippen molar-refractivity contribution >= 4 is 0 Å². The van der Waals surface area contributed by atoms with E-state index in [2.05, 4.69) is 49.1 Å². The third-order valence-electron chi connectivity index (χ3n) is 6.10. The number of ether oxygens (including phenoxy) is 1. The van der Waals surface area contributed by atoms with Gasteiger partial charge in [0.2, 0.25) is 0 Å². The van der Waals surface area contributed by atoms with Crippen LogP contribution in [0.5, 0.6) is 5.75 Å². The lowest BCUT2D eigenvalue weighted by Gasteiger charge is -2.32. The SMILES string of the molecule is COc1cc(C)c(-c2ccc3c(c2)CCC(N2CCCC2)C3)c(C)c1. The molecule has 2 aromatic rings. The van der Waals surface area contributed by atoms with Gasteiger partial charge in [0, 0.05) is 6.04 Å². The number of benzene rings is 2. The number of aryl methyl sites for hydroxylation is 3. The van der Waals surface area contributed by atoms with Crippen molar-refractivity contribution in [1.82, 2.24) is 4.90 Å². The van der Waals surface area contributed by atoms with E-state index in [0.29, 0.717) is 0 Å². The topological polar surface area (TPSA) is 12.5 Å². The molecule has 0 N–H and O–H groups in total. The standard InChI is InChI=1S/C23H29NO/c1-16-12-22(25-3)13-17(2)23(16)20-7-6-19-15-21(9-8-18(19)14-20)24-10-4-5-11-24/h6-7,12-14,21H,4-5,8-11,15H2,1-3H3. The summed E-state index contributed by atoms with van der Waals surface area (Å²) in [5.74, 6) is 0.949. The maximum absolute atomic E-state index is 5.41. The lowest BCUT2D eigenvalue weighted by Crippen LogP contribution is -2.37. The monoisotopic (exact) mass is 335 g/mol. The van der Waals surface area contributed by atoms with Crippen LogP contribution in [-0.4, -0.2) is 31.1 Å². The van der Waals surface area contributed by atoms with Crippen molar-refractivity contribution in [2.24, 2.45) is 0 Å². The second-order valence-corrected chi connectivity index (χ2v) is 7.76. The predicted octanol–water partition coefficient (Wildman–Crippen LogP) is 4.93. The number of likely N-dealkylation sites (tertiary alicyclic amines) is 1. The summed E-state index contributed by atoms with van der Waals surface area (Å²) in [4.78, 5) is 2.72. The van der Waals surface area contributed by atoms with Crippen molar-refractivity contribution in [1.29, 1.82) is 0 Å². The lowest BCUT2D eigenvalue weighted by molar-refractivity contribution is 0.222. The van der Waals surface area contributed by atoms with Gasteiger partial charge in [-0.05, 0) is 105 Å². The number of nitrogens with zero attached hydrogens (tertiary/aromatic N) is 1. The molecule has 132 valence electrons. The zero-order valence-corrected chi connectivity index (χ0v) is 15.8. The van der Waals surface area contributed by atoms with Crippen LogP contribution in [0.1, 0.15) is 41.5 Å². The predicted molar refractivity (Wildman–Crippen MR) is 105 cm³/mol. The van der Waals surface area contributed by atoms with Crippen LogP contribution in [-0.2, 0) is 12.8 Å². The molecule has 0 amide bonds. The molecule has 2 aliphatic rings. The van der Waals surface area contributed by atoms with Crippen LogP contribution in [0.15, 0.2) is 30.3 Å². The van der Waals surface area contributed by atoms with E-state index < -0.39 is 0 Å². The number of rotatable bonds is 3. The van der Waals surface area contributed by atoms with E-state index in [1.54, 1.807) is 18.2 Å². The highest BCUT2D eigenvalue weighted by Gasteiger charge is 2.26. The van der Waals surface area contributed by atoms with E-state index in [0.717, 1.165) is 11.8 Å². The van der Waals surface area contributed by atoms with Crippen LogP contribution in [0, 0.1) is 13.8 Å². The highest BCUT2D eigenvalue weighted by atomic mass is 16.5. The van der Waals surface area contributed by atoms with Gasteiger partial charge in [-0.2, -0.15) is 0 Å². The summed E-state index contributed by atoms with van der Waals surface area (Å²) in [5.41, 5.74) is 8.43. The van der Waals surface area contributed by atoms with E-state index in [9.17, 15) is 0 Å². The lowest BCUT2D eigenvalue weighted by atomic mass is 9.84. The van der Waals surface area contributed by atoms with Gasteiger partial charge in [-0.3, -0.25) is 0 Å². The Labute approximate surface area is 151 Å². The maximum atomic E-state index is 5.41. The minimum absolute atomic E-state index is 0.769. The highest BCUT2D eigenvalue weighted by Crippen LogP contribution is 2.34. The molecule has 0 radical (unpaired) electrons. The van der Waals surface area contributed by atoms with E-state index in [1.807, 2.05) is 0 Å². The number of hydrogen-bond acceptors (Lipinski definition) is 2. The highest BCUT2D eigenvalue weighted by molar-refractivity contribution is 5.73. The summed E-state index contributed by atoms with van der Waals surface area (Å²) in [7, 11) is 1.74. The first-order chi connectivity index (χ1) is 12.2. The maximum Gasteiger partial charge on any atom is 0.119 e. The first-order valence-electron chi connectivity index (χ1n) is 9.67. The summed E-state index contributed by atoms with van der Waals surface area (Å²) in [6.07, 6.45) is 6.54. The van der Waals surface area contributed by atoms with Gasteiger partial charge in [0.25, 0.3) is 0 Å². The quantitative estimate of drug-likeness (QED) is 0.788. The molecule has 2 aromatic carbocycles. The van der Waals surface area contributed by atoms with Crippen molar-refractivity contribution in [3.8, 4) is 16.9 Å². The van der Waals surface area contributed by atoms with Gasteiger partial charge in [0.15, 0.2) is 0 Å². The zero-order valence-electron chi connectivity index (χ0n) is 15.8. The van der Waals surface area contributed by atoms with Gasteiger partial charge in [-0.15, -0.1) is 0 Å².